The highest BCUT2D eigenvalue weighted by Gasteiger charge is 2.32. The lowest BCUT2D eigenvalue weighted by Crippen LogP contribution is -2.51. The van der Waals surface area contributed by atoms with Crippen LogP contribution in [0, 0.1) is 5.92 Å². The third-order valence-electron chi connectivity index (χ3n) is 5.10. The van der Waals surface area contributed by atoms with E-state index >= 15 is 0 Å². The summed E-state index contributed by atoms with van der Waals surface area (Å²) < 4.78 is 38.8. The van der Waals surface area contributed by atoms with Crippen LogP contribution in [0.25, 0.3) is 0 Å². The second-order valence-corrected chi connectivity index (χ2v) is 11.8. The van der Waals surface area contributed by atoms with Gasteiger partial charge in [0, 0.05) is 19.2 Å². The van der Waals surface area contributed by atoms with E-state index in [1.807, 2.05) is 44.2 Å². The topological polar surface area (TPSA) is 105 Å². The van der Waals surface area contributed by atoms with Crippen LogP contribution in [0.3, 0.4) is 0 Å². The van der Waals surface area contributed by atoms with Gasteiger partial charge in [-0.15, -0.1) is 0 Å². The fourth-order valence-electron chi connectivity index (χ4n) is 3.53. The van der Waals surface area contributed by atoms with E-state index in [1.54, 1.807) is 32.9 Å². The molecular weight excluding hydrogens is 468 g/mol. The molecule has 0 aliphatic heterocycles. The summed E-state index contributed by atoms with van der Waals surface area (Å²) in [6.45, 7) is 9.05. The predicted molar refractivity (Wildman–Crippen MR) is 136 cm³/mol. The first-order valence-corrected chi connectivity index (χ1v) is 13.1. The monoisotopic (exact) mass is 506 g/mol. The van der Waals surface area contributed by atoms with E-state index in [0.29, 0.717) is 12.2 Å². The summed E-state index contributed by atoms with van der Waals surface area (Å²) in [6, 6.07) is 14.8. The lowest BCUT2D eigenvalue weighted by molar-refractivity contribution is 0.0400. The van der Waals surface area contributed by atoms with Crippen LogP contribution in [0.15, 0.2) is 59.5 Å². The Balaban J connectivity index is 2.33. The molecule has 0 saturated carbocycles. The molecule has 194 valence electrons. The summed E-state index contributed by atoms with van der Waals surface area (Å²) in [5.74, 6) is 0.429. The first-order chi connectivity index (χ1) is 16.3. The molecule has 0 saturated heterocycles. The summed E-state index contributed by atoms with van der Waals surface area (Å²) in [6.07, 6.45) is -1.57. The van der Waals surface area contributed by atoms with Crippen LogP contribution in [0.4, 0.5) is 4.79 Å². The number of carbonyl (C=O) groups is 1. The number of aliphatic hydroxyl groups is 1. The molecule has 2 rings (SSSR count). The Morgan fingerprint density at radius 1 is 1.06 bits per heavy atom. The zero-order valence-corrected chi connectivity index (χ0v) is 22.2. The first-order valence-electron chi connectivity index (χ1n) is 11.7. The van der Waals surface area contributed by atoms with Crippen LogP contribution >= 0.6 is 0 Å². The molecule has 2 aromatic rings. The molecule has 0 heterocycles. The van der Waals surface area contributed by atoms with Gasteiger partial charge in [-0.2, -0.15) is 4.31 Å². The summed E-state index contributed by atoms with van der Waals surface area (Å²) in [7, 11) is -2.47. The average Bonchev–Trinajstić information content (AvgIpc) is 2.77. The Hall–Kier alpha value is -2.62. The molecule has 2 N–H and O–H groups in total. The van der Waals surface area contributed by atoms with Gasteiger partial charge in [-0.25, -0.2) is 13.2 Å². The van der Waals surface area contributed by atoms with Gasteiger partial charge < -0.3 is 19.9 Å². The summed E-state index contributed by atoms with van der Waals surface area (Å²) in [5, 5.41) is 13.9. The highest BCUT2D eigenvalue weighted by atomic mass is 32.2. The minimum atomic E-state index is -3.94. The van der Waals surface area contributed by atoms with Crippen molar-refractivity contribution in [3.8, 4) is 5.75 Å². The van der Waals surface area contributed by atoms with Crippen LogP contribution in [-0.4, -0.2) is 61.9 Å². The molecule has 0 aromatic heterocycles. The highest BCUT2D eigenvalue weighted by Crippen LogP contribution is 2.23. The quantitative estimate of drug-likeness (QED) is 0.480. The largest absolute Gasteiger partial charge is 0.497 e. The number of rotatable bonds is 11. The van der Waals surface area contributed by atoms with Crippen LogP contribution in [-0.2, 0) is 21.2 Å². The van der Waals surface area contributed by atoms with E-state index in [-0.39, 0.29) is 23.9 Å². The molecule has 8 nitrogen and oxygen atoms in total. The number of amides is 1. The number of carbonyl (C=O) groups excluding carboxylic acids is 1. The molecule has 35 heavy (non-hydrogen) atoms. The van der Waals surface area contributed by atoms with Gasteiger partial charge in [0.25, 0.3) is 0 Å². The van der Waals surface area contributed by atoms with E-state index in [9.17, 15) is 18.3 Å². The van der Waals surface area contributed by atoms with Crippen molar-refractivity contribution in [3.63, 3.8) is 0 Å². The van der Waals surface area contributed by atoms with Gasteiger partial charge in [-0.1, -0.05) is 50.2 Å². The molecule has 0 aliphatic carbocycles. The number of sulfonamides is 1. The number of hydrogen-bond acceptors (Lipinski definition) is 6. The van der Waals surface area contributed by atoms with Gasteiger partial charge in [0.2, 0.25) is 10.0 Å². The lowest BCUT2D eigenvalue weighted by atomic mass is 10.0. The number of methoxy groups -OCH3 is 1. The number of nitrogens with zero attached hydrogens (tertiary/aromatic N) is 1. The molecule has 2 unspecified atom stereocenters. The maximum Gasteiger partial charge on any atom is 0.407 e. The van der Waals surface area contributed by atoms with Crippen molar-refractivity contribution in [2.24, 2.45) is 5.92 Å². The van der Waals surface area contributed by atoms with Gasteiger partial charge >= 0.3 is 6.09 Å². The average molecular weight is 507 g/mol. The van der Waals surface area contributed by atoms with Crippen LogP contribution < -0.4 is 10.1 Å². The Labute approximate surface area is 209 Å². The predicted octanol–water partition coefficient (Wildman–Crippen LogP) is 3.84. The van der Waals surface area contributed by atoms with Crippen molar-refractivity contribution in [1.82, 2.24) is 9.62 Å². The molecule has 0 fully saturated rings. The normalized spacial score (nSPS) is 14.0. The van der Waals surface area contributed by atoms with E-state index < -0.39 is 33.9 Å². The minimum absolute atomic E-state index is 0.00831. The van der Waals surface area contributed by atoms with Gasteiger partial charge in [0.1, 0.15) is 11.4 Å². The number of alkyl carbamates (subject to hydrolysis) is 1. The molecule has 0 radical (unpaired) electrons. The van der Waals surface area contributed by atoms with Gasteiger partial charge in [-0.3, -0.25) is 0 Å². The summed E-state index contributed by atoms with van der Waals surface area (Å²) in [4.78, 5) is 12.6. The fourth-order valence-corrected chi connectivity index (χ4v) is 5.19. The molecule has 9 heteroatoms. The smallest absolute Gasteiger partial charge is 0.407 e. The Morgan fingerprint density at radius 2 is 1.71 bits per heavy atom. The number of ether oxygens (including phenoxy) is 2. The molecule has 0 aliphatic rings. The standard InChI is InChI=1S/C26H38N2O6S/c1-19(2)17-28(35(31,32)22-14-10-13-21(16-22)33-6)18-24(29)23(15-20-11-8-7-9-12-20)27-25(30)34-26(3,4)5/h7-14,16,19,23-24,29H,15,17-18H2,1-6H3,(H,27,30). The highest BCUT2D eigenvalue weighted by molar-refractivity contribution is 7.89. The van der Waals surface area contributed by atoms with Crippen LogP contribution in [0.5, 0.6) is 5.75 Å². The minimum Gasteiger partial charge on any atom is -0.497 e. The van der Waals surface area contributed by atoms with E-state index in [1.165, 1.54) is 23.5 Å². The number of benzene rings is 2. The SMILES string of the molecule is COc1cccc(S(=O)(=O)N(CC(C)C)CC(O)C(Cc2ccccc2)NC(=O)OC(C)(C)C)c1. The van der Waals surface area contributed by atoms with E-state index in [4.69, 9.17) is 9.47 Å². The Bertz CT molecular complexity index is 1050. The summed E-state index contributed by atoms with van der Waals surface area (Å²) >= 11 is 0. The fraction of sp³-hybridized carbons (Fsp3) is 0.500. The molecule has 2 atom stereocenters. The lowest BCUT2D eigenvalue weighted by Gasteiger charge is -2.31. The van der Waals surface area contributed by atoms with Crippen molar-refractivity contribution in [1.29, 1.82) is 0 Å². The van der Waals surface area contributed by atoms with Crippen molar-refractivity contribution in [2.75, 3.05) is 20.2 Å². The first kappa shape index (κ1) is 28.6. The second-order valence-electron chi connectivity index (χ2n) is 9.90. The molecule has 1 amide bonds. The third-order valence-corrected chi connectivity index (χ3v) is 6.93. The number of hydrogen-bond donors (Lipinski definition) is 2. The number of nitrogens with one attached hydrogen (secondary N) is 1. The second kappa shape index (κ2) is 12.4. The van der Waals surface area contributed by atoms with Crippen LogP contribution in [0.2, 0.25) is 0 Å². The molecule has 0 spiro atoms. The maximum atomic E-state index is 13.5. The molecule has 0 bridgehead atoms. The van der Waals surface area contributed by atoms with Crippen LogP contribution in [0.1, 0.15) is 40.2 Å². The Morgan fingerprint density at radius 3 is 2.29 bits per heavy atom. The number of aliphatic hydroxyl groups excluding tert-OH is 1. The van der Waals surface area contributed by atoms with Crippen molar-refractivity contribution >= 4 is 16.1 Å². The van der Waals surface area contributed by atoms with Gasteiger partial charge in [0.15, 0.2) is 0 Å². The van der Waals surface area contributed by atoms with Crippen molar-refractivity contribution in [2.45, 2.75) is 63.7 Å². The van der Waals surface area contributed by atoms with E-state index in [0.717, 1.165) is 5.56 Å². The van der Waals surface area contributed by atoms with Crippen molar-refractivity contribution in [3.05, 3.63) is 60.2 Å². The Kier molecular flexibility index (Phi) is 10.1. The van der Waals surface area contributed by atoms with Gasteiger partial charge in [-0.05, 0) is 50.8 Å². The maximum absolute atomic E-state index is 13.5. The molecule has 2 aromatic carbocycles. The zero-order chi connectivity index (χ0) is 26.2. The van der Waals surface area contributed by atoms with Crippen molar-refractivity contribution < 1.29 is 27.8 Å². The zero-order valence-electron chi connectivity index (χ0n) is 21.4. The van der Waals surface area contributed by atoms with Gasteiger partial charge in [0.05, 0.1) is 24.2 Å². The molecular formula is C26H38N2O6S. The summed E-state index contributed by atoms with van der Waals surface area (Å²) in [5.41, 5.74) is 0.171. The van der Waals surface area contributed by atoms with E-state index in [2.05, 4.69) is 5.32 Å². The third kappa shape index (κ3) is 9.16.